The largest absolute Gasteiger partial charge is 0.314 e. The highest BCUT2D eigenvalue weighted by Crippen LogP contribution is 2.29. The summed E-state index contributed by atoms with van der Waals surface area (Å²) in [4.78, 5) is 2.62. The molecule has 2 nitrogen and oxygen atoms in total. The van der Waals surface area contributed by atoms with Crippen LogP contribution >= 0.6 is 24.8 Å². The first-order valence-corrected chi connectivity index (χ1v) is 7.35. The molecule has 0 radical (unpaired) electrons. The fourth-order valence-electron chi connectivity index (χ4n) is 3.00. The van der Waals surface area contributed by atoms with Crippen LogP contribution in [0.3, 0.4) is 0 Å². The maximum Gasteiger partial charge on any atom is 0.0354 e. The molecule has 1 aromatic carbocycles. The fourth-order valence-corrected chi connectivity index (χ4v) is 3.00. The molecule has 1 atom stereocenters. The summed E-state index contributed by atoms with van der Waals surface area (Å²) in [7, 11) is 0. The molecule has 1 fully saturated rings. The number of piperazine rings is 1. The van der Waals surface area contributed by atoms with Crippen molar-refractivity contribution in [1.82, 2.24) is 10.2 Å². The lowest BCUT2D eigenvalue weighted by atomic mass is 9.94. The molecule has 21 heavy (non-hydrogen) atoms. The highest BCUT2D eigenvalue weighted by Gasteiger charge is 2.22. The molecule has 0 unspecified atom stereocenters. The topological polar surface area (TPSA) is 15.3 Å². The third-order valence-electron chi connectivity index (χ3n) is 4.02. The number of halogens is 2. The molecule has 1 aliphatic rings. The van der Waals surface area contributed by atoms with Crippen molar-refractivity contribution in [1.29, 1.82) is 0 Å². The molecule has 2 rings (SSSR count). The fraction of sp³-hybridized carbons (Fsp3) is 0.529. The van der Waals surface area contributed by atoms with Gasteiger partial charge < -0.3 is 5.32 Å². The molecule has 0 spiro atoms. The second-order valence-electron chi connectivity index (χ2n) is 5.53. The number of hydrogen-bond donors (Lipinski definition) is 1. The molecule has 0 bridgehead atoms. The van der Waals surface area contributed by atoms with Crippen molar-refractivity contribution >= 4 is 24.8 Å². The van der Waals surface area contributed by atoms with Crippen molar-refractivity contribution in [3.05, 3.63) is 47.5 Å². The molecule has 0 amide bonds. The number of hydrogen-bond acceptors (Lipinski definition) is 2. The summed E-state index contributed by atoms with van der Waals surface area (Å²) in [6.07, 6.45) is 4.30. The van der Waals surface area contributed by atoms with E-state index >= 15 is 0 Å². The Morgan fingerprint density at radius 3 is 2.48 bits per heavy atom. The normalized spacial score (nSPS) is 16.5. The third kappa shape index (κ3) is 5.63. The van der Waals surface area contributed by atoms with Crippen molar-refractivity contribution in [2.75, 3.05) is 26.2 Å². The molecule has 0 aliphatic carbocycles. The van der Waals surface area contributed by atoms with Gasteiger partial charge in [-0.15, -0.1) is 31.4 Å². The molecule has 0 aromatic heterocycles. The van der Waals surface area contributed by atoms with Crippen LogP contribution in [0, 0.1) is 13.8 Å². The lowest BCUT2D eigenvalue weighted by Crippen LogP contribution is -2.45. The Hall–Kier alpha value is -0.540. The van der Waals surface area contributed by atoms with Crippen LogP contribution in [-0.2, 0) is 0 Å². The summed E-state index contributed by atoms with van der Waals surface area (Å²) in [5.41, 5.74) is 4.27. The standard InChI is InChI=1S/C17H26N2.2ClH/c1-4-5-6-17(19-11-9-18-10-12-19)16-8-7-14(2)13-15(16)3;;/h4,7-8,13,17-18H,1,5-6,9-12H2,2-3H3;2*1H/t17-;;/m0../s1. The summed E-state index contributed by atoms with van der Waals surface area (Å²) in [5, 5.41) is 3.44. The van der Waals surface area contributed by atoms with E-state index in [1.54, 1.807) is 0 Å². The first-order chi connectivity index (χ1) is 9.22. The second-order valence-corrected chi connectivity index (χ2v) is 5.53. The molecule has 120 valence electrons. The van der Waals surface area contributed by atoms with E-state index in [2.05, 4.69) is 48.8 Å². The quantitative estimate of drug-likeness (QED) is 0.819. The van der Waals surface area contributed by atoms with Crippen LogP contribution in [0.1, 0.15) is 35.6 Å². The molecule has 1 saturated heterocycles. The van der Waals surface area contributed by atoms with E-state index < -0.39 is 0 Å². The van der Waals surface area contributed by atoms with Gasteiger partial charge in [-0.1, -0.05) is 29.8 Å². The van der Waals surface area contributed by atoms with Crippen LogP contribution in [0.15, 0.2) is 30.9 Å². The zero-order chi connectivity index (χ0) is 13.7. The van der Waals surface area contributed by atoms with Crippen LogP contribution in [0.5, 0.6) is 0 Å². The van der Waals surface area contributed by atoms with E-state index in [4.69, 9.17) is 0 Å². The lowest BCUT2D eigenvalue weighted by Gasteiger charge is -2.36. The van der Waals surface area contributed by atoms with Gasteiger partial charge in [0.15, 0.2) is 0 Å². The van der Waals surface area contributed by atoms with Crippen molar-refractivity contribution in [2.24, 2.45) is 0 Å². The predicted octanol–water partition coefficient (Wildman–Crippen LogP) is 4.06. The molecule has 0 saturated carbocycles. The minimum atomic E-state index is 0. The number of nitrogens with one attached hydrogen (secondary N) is 1. The summed E-state index contributed by atoms with van der Waals surface area (Å²) in [6, 6.07) is 7.41. The van der Waals surface area contributed by atoms with Gasteiger partial charge in [-0.25, -0.2) is 0 Å². The van der Waals surface area contributed by atoms with Crippen LogP contribution in [-0.4, -0.2) is 31.1 Å². The number of nitrogens with zero attached hydrogens (tertiary/aromatic N) is 1. The molecule has 4 heteroatoms. The van der Waals surface area contributed by atoms with Gasteiger partial charge in [0.25, 0.3) is 0 Å². The zero-order valence-electron chi connectivity index (χ0n) is 13.1. The predicted molar refractivity (Wildman–Crippen MR) is 97.0 cm³/mol. The molecule has 1 heterocycles. The van der Waals surface area contributed by atoms with Gasteiger partial charge >= 0.3 is 0 Å². The number of benzene rings is 1. The summed E-state index contributed by atoms with van der Waals surface area (Å²) < 4.78 is 0. The number of rotatable bonds is 5. The van der Waals surface area contributed by atoms with Gasteiger partial charge in [-0.3, -0.25) is 4.90 Å². The Kier molecular flexibility index (Phi) is 9.97. The van der Waals surface area contributed by atoms with E-state index in [1.807, 2.05) is 6.08 Å². The van der Waals surface area contributed by atoms with E-state index in [1.165, 1.54) is 23.1 Å². The van der Waals surface area contributed by atoms with Crippen molar-refractivity contribution in [3.63, 3.8) is 0 Å². The summed E-state index contributed by atoms with van der Waals surface area (Å²) >= 11 is 0. The Morgan fingerprint density at radius 1 is 1.24 bits per heavy atom. The second kappa shape index (κ2) is 10.2. The molecular formula is C17H28Cl2N2. The maximum atomic E-state index is 3.88. The summed E-state index contributed by atoms with van der Waals surface area (Å²) in [6.45, 7) is 12.8. The van der Waals surface area contributed by atoms with Crippen molar-refractivity contribution < 1.29 is 0 Å². The van der Waals surface area contributed by atoms with Crippen LogP contribution in [0.4, 0.5) is 0 Å². The monoisotopic (exact) mass is 330 g/mol. The smallest absolute Gasteiger partial charge is 0.0354 e. The van der Waals surface area contributed by atoms with Gasteiger partial charge in [0.2, 0.25) is 0 Å². The SMILES string of the molecule is C=CCC[C@@H](c1ccc(C)cc1C)N1CCNCC1.Cl.Cl. The minimum absolute atomic E-state index is 0. The van der Waals surface area contributed by atoms with Crippen molar-refractivity contribution in [2.45, 2.75) is 32.7 Å². The first kappa shape index (κ1) is 20.5. The van der Waals surface area contributed by atoms with E-state index in [-0.39, 0.29) is 24.8 Å². The Morgan fingerprint density at radius 2 is 1.90 bits per heavy atom. The molecule has 1 aliphatic heterocycles. The Bertz CT molecular complexity index is 429. The van der Waals surface area contributed by atoms with Crippen LogP contribution in [0.2, 0.25) is 0 Å². The van der Waals surface area contributed by atoms with Gasteiger partial charge in [0.05, 0.1) is 0 Å². The number of aryl methyl sites for hydroxylation is 2. The Labute approximate surface area is 141 Å². The highest BCUT2D eigenvalue weighted by molar-refractivity contribution is 5.85. The minimum Gasteiger partial charge on any atom is -0.314 e. The highest BCUT2D eigenvalue weighted by atomic mass is 35.5. The van der Waals surface area contributed by atoms with E-state index in [9.17, 15) is 0 Å². The lowest BCUT2D eigenvalue weighted by molar-refractivity contribution is 0.165. The average molecular weight is 331 g/mol. The zero-order valence-corrected chi connectivity index (χ0v) is 14.7. The van der Waals surface area contributed by atoms with Crippen molar-refractivity contribution in [3.8, 4) is 0 Å². The van der Waals surface area contributed by atoms with Gasteiger partial charge in [0.1, 0.15) is 0 Å². The molecule has 1 N–H and O–H groups in total. The van der Waals surface area contributed by atoms with Gasteiger partial charge in [-0.2, -0.15) is 0 Å². The Balaban J connectivity index is 0.00000200. The molecular weight excluding hydrogens is 303 g/mol. The first-order valence-electron chi connectivity index (χ1n) is 7.35. The maximum absolute atomic E-state index is 3.88. The van der Waals surface area contributed by atoms with Gasteiger partial charge in [0, 0.05) is 32.2 Å². The van der Waals surface area contributed by atoms with Gasteiger partial charge in [-0.05, 0) is 37.8 Å². The number of allylic oxidation sites excluding steroid dienone is 1. The van der Waals surface area contributed by atoms with E-state index in [0.717, 1.165) is 32.6 Å². The van der Waals surface area contributed by atoms with Crippen LogP contribution in [0.25, 0.3) is 0 Å². The van der Waals surface area contributed by atoms with E-state index in [0.29, 0.717) is 6.04 Å². The third-order valence-corrected chi connectivity index (χ3v) is 4.02. The summed E-state index contributed by atoms with van der Waals surface area (Å²) in [5.74, 6) is 0. The average Bonchev–Trinajstić information content (AvgIpc) is 2.42. The van der Waals surface area contributed by atoms with Crippen LogP contribution < -0.4 is 5.32 Å². The molecule has 1 aromatic rings.